The van der Waals surface area contributed by atoms with Crippen molar-refractivity contribution in [3.8, 4) is 0 Å². The Morgan fingerprint density at radius 1 is 1.42 bits per heavy atom. The quantitative estimate of drug-likeness (QED) is 0.904. The first kappa shape index (κ1) is 12.7. The Bertz CT molecular complexity index is 498. The molecule has 1 heterocycles. The van der Waals surface area contributed by atoms with E-state index in [1.165, 1.54) is 36.9 Å². The zero-order valence-electron chi connectivity index (χ0n) is 11.6. The molecule has 0 radical (unpaired) electrons. The highest BCUT2D eigenvalue weighted by Gasteiger charge is 2.39. The van der Waals surface area contributed by atoms with Crippen LogP contribution in [0.5, 0.6) is 0 Å². The molecule has 2 atom stereocenters. The number of hydrogen-bond acceptors (Lipinski definition) is 2. The van der Waals surface area contributed by atoms with Gasteiger partial charge in [0, 0.05) is 17.5 Å². The SMILES string of the molecule is CCCN1CCC2c3c(cccc3C(N)=O)CC[C@H]21. The fourth-order valence-corrected chi connectivity index (χ4v) is 3.99. The van der Waals surface area contributed by atoms with E-state index in [1.54, 1.807) is 0 Å². The van der Waals surface area contributed by atoms with Crippen LogP contribution in [-0.4, -0.2) is 29.9 Å². The molecule has 1 unspecified atom stereocenters. The van der Waals surface area contributed by atoms with Crippen molar-refractivity contribution < 1.29 is 4.79 Å². The number of amides is 1. The van der Waals surface area contributed by atoms with Crippen molar-refractivity contribution >= 4 is 5.91 Å². The van der Waals surface area contributed by atoms with Crippen LogP contribution < -0.4 is 5.73 Å². The molecule has 1 aliphatic carbocycles. The largest absolute Gasteiger partial charge is 0.366 e. The minimum Gasteiger partial charge on any atom is -0.366 e. The third-order valence-corrected chi connectivity index (χ3v) is 4.71. The lowest BCUT2D eigenvalue weighted by atomic mass is 9.77. The summed E-state index contributed by atoms with van der Waals surface area (Å²) in [6.45, 7) is 4.57. The van der Waals surface area contributed by atoms with Crippen LogP contribution in [-0.2, 0) is 6.42 Å². The molecule has 19 heavy (non-hydrogen) atoms. The van der Waals surface area contributed by atoms with E-state index >= 15 is 0 Å². The molecule has 1 amide bonds. The number of nitrogens with two attached hydrogens (primary N) is 1. The summed E-state index contributed by atoms with van der Waals surface area (Å²) >= 11 is 0. The Labute approximate surface area is 114 Å². The van der Waals surface area contributed by atoms with Gasteiger partial charge in [-0.3, -0.25) is 9.69 Å². The summed E-state index contributed by atoms with van der Waals surface area (Å²) in [6, 6.07) is 6.65. The highest BCUT2D eigenvalue weighted by atomic mass is 16.1. The van der Waals surface area contributed by atoms with Gasteiger partial charge in [-0.2, -0.15) is 0 Å². The number of likely N-dealkylation sites (tertiary alicyclic amines) is 1. The Morgan fingerprint density at radius 3 is 3.00 bits per heavy atom. The molecule has 0 bridgehead atoms. The van der Waals surface area contributed by atoms with Crippen molar-refractivity contribution in [3.05, 3.63) is 34.9 Å². The molecule has 1 saturated heterocycles. The summed E-state index contributed by atoms with van der Waals surface area (Å²) in [4.78, 5) is 14.3. The summed E-state index contributed by atoms with van der Waals surface area (Å²) in [7, 11) is 0. The minimum absolute atomic E-state index is 0.272. The molecular weight excluding hydrogens is 236 g/mol. The molecular formula is C16H22N2O. The van der Waals surface area contributed by atoms with E-state index in [0.717, 1.165) is 18.5 Å². The summed E-state index contributed by atoms with van der Waals surface area (Å²) in [5.74, 6) is 0.241. The molecule has 1 aromatic rings. The number of aryl methyl sites for hydroxylation is 1. The van der Waals surface area contributed by atoms with Crippen LogP contribution >= 0.6 is 0 Å². The zero-order chi connectivity index (χ0) is 13.4. The average Bonchev–Trinajstić information content (AvgIpc) is 2.82. The lowest BCUT2D eigenvalue weighted by Crippen LogP contribution is -2.36. The maximum absolute atomic E-state index is 11.7. The van der Waals surface area contributed by atoms with Gasteiger partial charge in [0.05, 0.1) is 0 Å². The van der Waals surface area contributed by atoms with Crippen LogP contribution in [0.25, 0.3) is 0 Å². The predicted molar refractivity (Wildman–Crippen MR) is 76.3 cm³/mol. The minimum atomic E-state index is -0.272. The smallest absolute Gasteiger partial charge is 0.248 e. The molecule has 3 heteroatoms. The summed E-state index contributed by atoms with van der Waals surface area (Å²) in [5, 5.41) is 0. The third-order valence-electron chi connectivity index (χ3n) is 4.71. The molecule has 0 aromatic heterocycles. The highest BCUT2D eigenvalue weighted by molar-refractivity contribution is 5.95. The number of benzene rings is 1. The van der Waals surface area contributed by atoms with Gasteiger partial charge in [-0.1, -0.05) is 19.1 Å². The monoisotopic (exact) mass is 258 g/mol. The zero-order valence-corrected chi connectivity index (χ0v) is 11.6. The van der Waals surface area contributed by atoms with E-state index in [-0.39, 0.29) is 5.91 Å². The van der Waals surface area contributed by atoms with Gasteiger partial charge in [0.2, 0.25) is 5.91 Å². The Balaban J connectivity index is 1.99. The van der Waals surface area contributed by atoms with Crippen LogP contribution in [0.1, 0.15) is 53.6 Å². The number of fused-ring (bicyclic) bond motifs is 3. The molecule has 3 rings (SSSR count). The Morgan fingerprint density at radius 2 is 2.26 bits per heavy atom. The molecule has 0 spiro atoms. The highest BCUT2D eigenvalue weighted by Crippen LogP contribution is 2.42. The van der Waals surface area contributed by atoms with E-state index in [2.05, 4.69) is 17.9 Å². The first-order valence-electron chi connectivity index (χ1n) is 7.38. The van der Waals surface area contributed by atoms with Crippen LogP contribution in [0.4, 0.5) is 0 Å². The molecule has 102 valence electrons. The van der Waals surface area contributed by atoms with E-state index in [9.17, 15) is 4.79 Å². The summed E-state index contributed by atoms with van der Waals surface area (Å²) in [6.07, 6.45) is 4.67. The van der Waals surface area contributed by atoms with Gasteiger partial charge >= 0.3 is 0 Å². The number of primary amides is 1. The molecule has 2 aliphatic rings. The van der Waals surface area contributed by atoms with E-state index in [4.69, 9.17) is 5.73 Å². The normalized spacial score (nSPS) is 25.9. The Kier molecular flexibility index (Phi) is 3.31. The van der Waals surface area contributed by atoms with Gasteiger partial charge in [-0.25, -0.2) is 0 Å². The molecule has 1 aliphatic heterocycles. The van der Waals surface area contributed by atoms with Gasteiger partial charge in [0.1, 0.15) is 0 Å². The molecule has 2 N–H and O–H groups in total. The first-order chi connectivity index (χ1) is 9.22. The maximum atomic E-state index is 11.7. The van der Waals surface area contributed by atoms with E-state index in [0.29, 0.717) is 12.0 Å². The fourth-order valence-electron chi connectivity index (χ4n) is 3.99. The van der Waals surface area contributed by atoms with Crippen molar-refractivity contribution in [1.29, 1.82) is 0 Å². The summed E-state index contributed by atoms with van der Waals surface area (Å²) < 4.78 is 0. The van der Waals surface area contributed by atoms with E-state index in [1.807, 2.05) is 12.1 Å². The predicted octanol–water partition coefficient (Wildman–Crippen LogP) is 2.30. The number of carbonyl (C=O) groups is 1. The van der Waals surface area contributed by atoms with Crippen molar-refractivity contribution in [1.82, 2.24) is 4.90 Å². The Hall–Kier alpha value is -1.35. The standard InChI is InChI=1S/C16H22N2O/c1-2-9-18-10-8-12-14(18)7-6-11-4-3-5-13(15(11)12)16(17)19/h3-5,12,14H,2,6-10H2,1H3,(H2,17,19)/t12?,14-/m1/s1. The number of rotatable bonds is 3. The lowest BCUT2D eigenvalue weighted by Gasteiger charge is -2.34. The average molecular weight is 258 g/mol. The van der Waals surface area contributed by atoms with Crippen molar-refractivity contribution in [3.63, 3.8) is 0 Å². The van der Waals surface area contributed by atoms with Crippen molar-refractivity contribution in [2.75, 3.05) is 13.1 Å². The van der Waals surface area contributed by atoms with Gasteiger partial charge in [0.25, 0.3) is 0 Å². The molecule has 3 nitrogen and oxygen atoms in total. The van der Waals surface area contributed by atoms with Crippen molar-refractivity contribution in [2.24, 2.45) is 5.73 Å². The molecule has 0 saturated carbocycles. The van der Waals surface area contributed by atoms with Gasteiger partial charge in [0.15, 0.2) is 0 Å². The van der Waals surface area contributed by atoms with Crippen LogP contribution in [0.15, 0.2) is 18.2 Å². The van der Waals surface area contributed by atoms with Crippen molar-refractivity contribution in [2.45, 2.75) is 44.6 Å². The van der Waals surface area contributed by atoms with Gasteiger partial charge in [-0.05, 0) is 56.0 Å². The topological polar surface area (TPSA) is 46.3 Å². The second-order valence-corrected chi connectivity index (χ2v) is 5.78. The number of hydrogen-bond donors (Lipinski definition) is 1. The fraction of sp³-hybridized carbons (Fsp3) is 0.562. The second kappa shape index (κ2) is 4.97. The number of carbonyl (C=O) groups excluding carboxylic acids is 1. The summed E-state index contributed by atoms with van der Waals surface area (Å²) in [5.41, 5.74) is 8.91. The van der Waals surface area contributed by atoms with Gasteiger partial charge in [-0.15, -0.1) is 0 Å². The first-order valence-corrected chi connectivity index (χ1v) is 7.38. The van der Waals surface area contributed by atoms with Crippen LogP contribution in [0, 0.1) is 0 Å². The number of nitrogens with zero attached hydrogens (tertiary/aromatic N) is 1. The maximum Gasteiger partial charge on any atom is 0.248 e. The lowest BCUT2D eigenvalue weighted by molar-refractivity contribution is 0.0998. The molecule has 1 aromatic carbocycles. The molecule has 1 fully saturated rings. The van der Waals surface area contributed by atoms with E-state index < -0.39 is 0 Å². The van der Waals surface area contributed by atoms with Crippen LogP contribution in [0.3, 0.4) is 0 Å². The third kappa shape index (κ3) is 2.06. The van der Waals surface area contributed by atoms with Gasteiger partial charge < -0.3 is 5.73 Å². The van der Waals surface area contributed by atoms with Crippen LogP contribution in [0.2, 0.25) is 0 Å². The second-order valence-electron chi connectivity index (χ2n) is 5.78.